The first-order chi connectivity index (χ1) is 8.10. The summed E-state index contributed by atoms with van der Waals surface area (Å²) in [6.07, 6.45) is 2.15. The van der Waals surface area contributed by atoms with Gasteiger partial charge < -0.3 is 15.2 Å². The fourth-order valence-corrected chi connectivity index (χ4v) is 1.67. The standard InChI is InChI=1S/C13H19NO2S/c1-4-10(5-2)16-12-7-9(13(14)17)6-11(8-12)15-3/h6-8,10H,4-5H2,1-3H3,(H2,14,17). The Hall–Kier alpha value is -1.29. The van der Waals surface area contributed by atoms with Crippen molar-refractivity contribution >= 4 is 17.2 Å². The Balaban J connectivity index is 2.98. The van der Waals surface area contributed by atoms with E-state index in [4.69, 9.17) is 27.4 Å². The highest BCUT2D eigenvalue weighted by Crippen LogP contribution is 2.24. The highest BCUT2D eigenvalue weighted by atomic mass is 32.1. The number of benzene rings is 1. The summed E-state index contributed by atoms with van der Waals surface area (Å²) in [5.41, 5.74) is 6.39. The molecule has 1 rings (SSSR count). The predicted molar refractivity (Wildman–Crippen MR) is 73.9 cm³/mol. The molecule has 1 aromatic rings. The monoisotopic (exact) mass is 253 g/mol. The van der Waals surface area contributed by atoms with Crippen LogP contribution in [0.2, 0.25) is 0 Å². The van der Waals surface area contributed by atoms with Gasteiger partial charge in [-0.15, -0.1) is 0 Å². The van der Waals surface area contributed by atoms with E-state index >= 15 is 0 Å². The molecule has 1 aromatic carbocycles. The molecule has 0 radical (unpaired) electrons. The lowest BCUT2D eigenvalue weighted by Crippen LogP contribution is -2.15. The smallest absolute Gasteiger partial charge is 0.124 e. The largest absolute Gasteiger partial charge is 0.497 e. The second-order valence-electron chi connectivity index (χ2n) is 3.82. The predicted octanol–water partition coefficient (Wildman–Crippen LogP) is 2.90. The molecule has 0 aliphatic rings. The molecule has 94 valence electrons. The van der Waals surface area contributed by atoms with Crippen LogP contribution in [0.3, 0.4) is 0 Å². The van der Waals surface area contributed by atoms with Crippen molar-refractivity contribution in [1.29, 1.82) is 0 Å². The van der Waals surface area contributed by atoms with Crippen LogP contribution in [0.25, 0.3) is 0 Å². The first kappa shape index (κ1) is 13.8. The van der Waals surface area contributed by atoms with Crippen molar-refractivity contribution in [3.8, 4) is 11.5 Å². The molecule has 0 bridgehead atoms. The number of thiocarbonyl (C=S) groups is 1. The summed E-state index contributed by atoms with van der Waals surface area (Å²) >= 11 is 4.97. The number of hydrogen-bond donors (Lipinski definition) is 1. The van der Waals surface area contributed by atoms with E-state index in [1.54, 1.807) is 7.11 Å². The second-order valence-corrected chi connectivity index (χ2v) is 4.26. The first-order valence-electron chi connectivity index (χ1n) is 5.76. The van der Waals surface area contributed by atoms with Gasteiger partial charge in [0.2, 0.25) is 0 Å². The zero-order chi connectivity index (χ0) is 12.8. The first-order valence-corrected chi connectivity index (χ1v) is 6.17. The van der Waals surface area contributed by atoms with Gasteiger partial charge in [0.05, 0.1) is 13.2 Å². The molecule has 0 atom stereocenters. The molecule has 0 heterocycles. The zero-order valence-electron chi connectivity index (χ0n) is 10.5. The Labute approximate surface area is 108 Å². The van der Waals surface area contributed by atoms with Gasteiger partial charge in [-0.25, -0.2) is 0 Å². The molecule has 0 fully saturated rings. The molecule has 0 aliphatic carbocycles. The molecular weight excluding hydrogens is 234 g/mol. The second kappa shape index (κ2) is 6.45. The molecule has 0 unspecified atom stereocenters. The average Bonchev–Trinajstić information content (AvgIpc) is 2.35. The summed E-state index contributed by atoms with van der Waals surface area (Å²) in [7, 11) is 1.61. The molecule has 0 saturated carbocycles. The third kappa shape index (κ3) is 3.89. The Kier molecular flexibility index (Phi) is 5.22. The number of nitrogens with two attached hydrogens (primary N) is 1. The summed E-state index contributed by atoms with van der Waals surface area (Å²) < 4.78 is 11.1. The van der Waals surface area contributed by atoms with Gasteiger partial charge in [0, 0.05) is 11.6 Å². The summed E-state index contributed by atoms with van der Waals surface area (Å²) in [4.78, 5) is 0.346. The van der Waals surface area contributed by atoms with Gasteiger partial charge in [-0.3, -0.25) is 0 Å². The van der Waals surface area contributed by atoms with Gasteiger partial charge >= 0.3 is 0 Å². The van der Waals surface area contributed by atoms with Crippen molar-refractivity contribution in [3.63, 3.8) is 0 Å². The lowest BCUT2D eigenvalue weighted by molar-refractivity contribution is 0.192. The van der Waals surface area contributed by atoms with Gasteiger partial charge in [-0.05, 0) is 25.0 Å². The summed E-state index contributed by atoms with van der Waals surface area (Å²) in [6, 6.07) is 5.51. The van der Waals surface area contributed by atoms with E-state index in [0.717, 1.165) is 24.2 Å². The van der Waals surface area contributed by atoms with Crippen molar-refractivity contribution in [3.05, 3.63) is 23.8 Å². The van der Waals surface area contributed by atoms with Gasteiger partial charge in [0.1, 0.15) is 16.5 Å². The van der Waals surface area contributed by atoms with Crippen molar-refractivity contribution < 1.29 is 9.47 Å². The minimum Gasteiger partial charge on any atom is -0.497 e. The van der Waals surface area contributed by atoms with E-state index in [9.17, 15) is 0 Å². The van der Waals surface area contributed by atoms with Crippen LogP contribution >= 0.6 is 12.2 Å². The zero-order valence-corrected chi connectivity index (χ0v) is 11.3. The Morgan fingerprint density at radius 3 is 2.29 bits per heavy atom. The molecule has 0 saturated heterocycles. The third-order valence-electron chi connectivity index (χ3n) is 2.61. The summed E-state index contributed by atoms with van der Waals surface area (Å²) in [5.74, 6) is 1.46. The lowest BCUT2D eigenvalue weighted by Gasteiger charge is -2.17. The molecule has 0 spiro atoms. The number of hydrogen-bond acceptors (Lipinski definition) is 3. The van der Waals surface area contributed by atoms with Crippen molar-refractivity contribution in [2.45, 2.75) is 32.8 Å². The van der Waals surface area contributed by atoms with Gasteiger partial charge in [-0.2, -0.15) is 0 Å². The van der Waals surface area contributed by atoms with E-state index in [2.05, 4.69) is 13.8 Å². The fraction of sp³-hybridized carbons (Fsp3) is 0.462. The number of rotatable bonds is 6. The SMILES string of the molecule is CCC(CC)Oc1cc(OC)cc(C(N)=S)c1. The van der Waals surface area contributed by atoms with Gasteiger partial charge in [0.15, 0.2) is 0 Å². The van der Waals surface area contributed by atoms with E-state index in [0.29, 0.717) is 10.7 Å². The highest BCUT2D eigenvalue weighted by molar-refractivity contribution is 7.80. The minimum absolute atomic E-state index is 0.210. The molecule has 3 nitrogen and oxygen atoms in total. The average molecular weight is 253 g/mol. The van der Waals surface area contributed by atoms with Crippen LogP contribution in [0.5, 0.6) is 11.5 Å². The summed E-state index contributed by atoms with van der Waals surface area (Å²) in [5, 5.41) is 0. The van der Waals surface area contributed by atoms with E-state index in [-0.39, 0.29) is 6.10 Å². The van der Waals surface area contributed by atoms with E-state index in [1.165, 1.54) is 0 Å². The molecule has 2 N–H and O–H groups in total. The van der Waals surface area contributed by atoms with Crippen LogP contribution in [0, 0.1) is 0 Å². The molecule has 4 heteroatoms. The van der Waals surface area contributed by atoms with E-state index < -0.39 is 0 Å². The molecular formula is C13H19NO2S. The Morgan fingerprint density at radius 1 is 1.24 bits per heavy atom. The maximum Gasteiger partial charge on any atom is 0.124 e. The van der Waals surface area contributed by atoms with Crippen LogP contribution in [0.4, 0.5) is 0 Å². The molecule has 0 aliphatic heterocycles. The minimum atomic E-state index is 0.210. The van der Waals surface area contributed by atoms with Crippen LogP contribution < -0.4 is 15.2 Å². The van der Waals surface area contributed by atoms with Crippen LogP contribution in [0.15, 0.2) is 18.2 Å². The van der Waals surface area contributed by atoms with E-state index in [1.807, 2.05) is 18.2 Å². The summed E-state index contributed by atoms with van der Waals surface area (Å²) in [6.45, 7) is 4.20. The Morgan fingerprint density at radius 2 is 1.82 bits per heavy atom. The van der Waals surface area contributed by atoms with Crippen molar-refractivity contribution in [1.82, 2.24) is 0 Å². The fourth-order valence-electron chi connectivity index (χ4n) is 1.55. The normalized spacial score (nSPS) is 10.4. The topological polar surface area (TPSA) is 44.5 Å². The third-order valence-corrected chi connectivity index (χ3v) is 2.85. The number of ether oxygens (including phenoxy) is 2. The van der Waals surface area contributed by atoms with Gasteiger partial charge in [-0.1, -0.05) is 26.1 Å². The molecule has 0 amide bonds. The van der Waals surface area contributed by atoms with Crippen LogP contribution in [-0.2, 0) is 0 Å². The van der Waals surface area contributed by atoms with Crippen LogP contribution in [-0.4, -0.2) is 18.2 Å². The number of methoxy groups -OCH3 is 1. The highest BCUT2D eigenvalue weighted by Gasteiger charge is 2.09. The molecule has 0 aromatic heterocycles. The Bertz CT molecular complexity index is 389. The van der Waals surface area contributed by atoms with Gasteiger partial charge in [0.25, 0.3) is 0 Å². The maximum atomic E-state index is 5.85. The van der Waals surface area contributed by atoms with Crippen molar-refractivity contribution in [2.75, 3.05) is 7.11 Å². The van der Waals surface area contributed by atoms with Crippen LogP contribution in [0.1, 0.15) is 32.3 Å². The van der Waals surface area contributed by atoms with Crippen molar-refractivity contribution in [2.24, 2.45) is 5.73 Å². The lowest BCUT2D eigenvalue weighted by atomic mass is 10.2. The maximum absolute atomic E-state index is 5.85. The quantitative estimate of drug-likeness (QED) is 0.792. The molecule has 17 heavy (non-hydrogen) atoms.